The smallest absolute Gasteiger partial charge is 0.293 e. The first-order valence-electron chi connectivity index (χ1n) is 9.38. The Hall–Kier alpha value is -3.74. The topological polar surface area (TPSA) is 81.0 Å². The van der Waals surface area contributed by atoms with E-state index in [-0.39, 0.29) is 18.6 Å². The van der Waals surface area contributed by atoms with Crippen LogP contribution >= 0.6 is 0 Å². The van der Waals surface area contributed by atoms with Gasteiger partial charge in [0.25, 0.3) is 11.8 Å². The largest absolute Gasteiger partial charge is 0.459 e. The van der Waals surface area contributed by atoms with Crippen molar-refractivity contribution >= 4 is 23.2 Å². The molecule has 0 unspecified atom stereocenters. The molecule has 3 heterocycles. The first-order valence-corrected chi connectivity index (χ1v) is 9.38. The second-order valence-electron chi connectivity index (χ2n) is 6.90. The molecule has 2 aliphatic rings. The van der Waals surface area contributed by atoms with Crippen molar-refractivity contribution in [3.63, 3.8) is 0 Å². The van der Waals surface area contributed by atoms with Crippen LogP contribution < -0.4 is 19.7 Å². The number of anilines is 2. The van der Waals surface area contributed by atoms with Gasteiger partial charge in [0.15, 0.2) is 17.3 Å². The van der Waals surface area contributed by atoms with Crippen molar-refractivity contribution in [2.24, 2.45) is 0 Å². The molecule has 3 aromatic rings. The molecule has 1 N–H and O–H groups in total. The van der Waals surface area contributed by atoms with Crippen molar-refractivity contribution in [3.8, 4) is 11.5 Å². The number of benzene rings is 2. The number of amides is 2. The van der Waals surface area contributed by atoms with Gasteiger partial charge in [-0.05, 0) is 66.9 Å². The number of hydrogen-bond acceptors (Lipinski definition) is 5. The van der Waals surface area contributed by atoms with Crippen LogP contribution in [0.4, 0.5) is 11.4 Å². The average Bonchev–Trinajstić information content (AvgIpc) is 3.44. The maximum atomic E-state index is 12.7. The minimum Gasteiger partial charge on any atom is -0.459 e. The summed E-state index contributed by atoms with van der Waals surface area (Å²) in [6, 6.07) is 14.0. The second-order valence-corrected chi connectivity index (χ2v) is 6.90. The van der Waals surface area contributed by atoms with Gasteiger partial charge in [-0.3, -0.25) is 9.59 Å². The van der Waals surface area contributed by atoms with Crippen molar-refractivity contribution in [2.75, 3.05) is 23.6 Å². The van der Waals surface area contributed by atoms with Gasteiger partial charge >= 0.3 is 0 Å². The van der Waals surface area contributed by atoms with Crippen LogP contribution in [0.3, 0.4) is 0 Å². The zero-order valence-corrected chi connectivity index (χ0v) is 15.5. The van der Waals surface area contributed by atoms with Crippen molar-refractivity contribution in [1.29, 1.82) is 0 Å². The van der Waals surface area contributed by atoms with E-state index < -0.39 is 0 Å². The van der Waals surface area contributed by atoms with Crippen LogP contribution in [0.5, 0.6) is 11.5 Å². The Kier molecular flexibility index (Phi) is 4.20. The molecule has 0 spiro atoms. The van der Waals surface area contributed by atoms with E-state index in [9.17, 15) is 9.59 Å². The maximum Gasteiger partial charge on any atom is 0.293 e. The number of rotatable bonds is 3. The number of nitrogens with zero attached hydrogens (tertiary/aromatic N) is 1. The Morgan fingerprint density at radius 2 is 1.90 bits per heavy atom. The fourth-order valence-corrected chi connectivity index (χ4v) is 3.66. The molecule has 7 nitrogen and oxygen atoms in total. The summed E-state index contributed by atoms with van der Waals surface area (Å²) in [7, 11) is 0. The third kappa shape index (κ3) is 3.20. The number of aryl methyl sites for hydroxylation is 1. The normalized spacial score (nSPS) is 14.4. The summed E-state index contributed by atoms with van der Waals surface area (Å²) in [4.78, 5) is 27.1. The van der Waals surface area contributed by atoms with E-state index in [2.05, 4.69) is 5.32 Å². The van der Waals surface area contributed by atoms with Gasteiger partial charge in [-0.25, -0.2) is 0 Å². The minimum absolute atomic E-state index is 0.159. The number of hydrogen-bond donors (Lipinski definition) is 1. The first-order chi connectivity index (χ1) is 14.2. The van der Waals surface area contributed by atoms with Gasteiger partial charge in [-0.1, -0.05) is 0 Å². The minimum atomic E-state index is -0.234. The van der Waals surface area contributed by atoms with E-state index in [1.54, 1.807) is 41.3 Å². The van der Waals surface area contributed by atoms with Gasteiger partial charge in [0, 0.05) is 23.5 Å². The third-order valence-corrected chi connectivity index (χ3v) is 5.07. The fourth-order valence-electron chi connectivity index (χ4n) is 3.66. The monoisotopic (exact) mass is 390 g/mol. The number of furan rings is 1. The molecule has 0 aliphatic carbocycles. The van der Waals surface area contributed by atoms with E-state index in [1.807, 2.05) is 12.1 Å². The summed E-state index contributed by atoms with van der Waals surface area (Å²) in [6.45, 7) is 0.799. The van der Waals surface area contributed by atoms with Gasteiger partial charge in [0.05, 0.1) is 6.26 Å². The van der Waals surface area contributed by atoms with E-state index >= 15 is 0 Å². The Morgan fingerprint density at radius 3 is 2.76 bits per heavy atom. The molecule has 2 amide bonds. The highest BCUT2D eigenvalue weighted by atomic mass is 16.7. The molecule has 146 valence electrons. The van der Waals surface area contributed by atoms with Crippen molar-refractivity contribution in [2.45, 2.75) is 12.8 Å². The predicted molar refractivity (Wildman–Crippen MR) is 106 cm³/mol. The van der Waals surface area contributed by atoms with Gasteiger partial charge in [0.1, 0.15) is 0 Å². The van der Waals surface area contributed by atoms with Crippen LogP contribution in [0.1, 0.15) is 32.9 Å². The summed E-state index contributed by atoms with van der Waals surface area (Å²) >= 11 is 0. The van der Waals surface area contributed by atoms with Gasteiger partial charge in [-0.2, -0.15) is 0 Å². The van der Waals surface area contributed by atoms with Gasteiger partial charge < -0.3 is 24.1 Å². The van der Waals surface area contributed by atoms with Crippen LogP contribution in [0.15, 0.2) is 59.2 Å². The molecule has 7 heteroatoms. The summed E-state index contributed by atoms with van der Waals surface area (Å²) in [5.41, 5.74) is 3.03. The van der Waals surface area contributed by atoms with Crippen LogP contribution in [-0.4, -0.2) is 25.2 Å². The Balaban J connectivity index is 1.36. The average molecular weight is 390 g/mol. The van der Waals surface area contributed by atoms with Crippen molar-refractivity contribution in [1.82, 2.24) is 0 Å². The summed E-state index contributed by atoms with van der Waals surface area (Å²) < 4.78 is 15.9. The number of carbonyl (C=O) groups excluding carboxylic acids is 2. The fraction of sp³-hybridized carbons (Fsp3) is 0.182. The quantitative estimate of drug-likeness (QED) is 0.735. The maximum absolute atomic E-state index is 12.7. The Bertz CT molecular complexity index is 1090. The van der Waals surface area contributed by atoms with E-state index in [1.165, 1.54) is 6.26 Å². The number of carbonyl (C=O) groups is 2. The molecule has 0 bridgehead atoms. The highest BCUT2D eigenvalue weighted by molar-refractivity contribution is 6.06. The molecule has 2 aliphatic heterocycles. The number of ether oxygens (including phenoxy) is 2. The molecule has 0 radical (unpaired) electrons. The predicted octanol–water partition coefficient (Wildman–Crippen LogP) is 3.85. The van der Waals surface area contributed by atoms with Gasteiger partial charge in [-0.15, -0.1) is 0 Å². The number of nitrogens with one attached hydrogen (secondary N) is 1. The van der Waals surface area contributed by atoms with Gasteiger partial charge in [0.2, 0.25) is 6.79 Å². The molecule has 29 heavy (non-hydrogen) atoms. The van der Waals surface area contributed by atoms with E-state index in [0.29, 0.717) is 35.1 Å². The lowest BCUT2D eigenvalue weighted by molar-refractivity contribution is 0.0957. The molecule has 0 saturated heterocycles. The lowest BCUT2D eigenvalue weighted by Crippen LogP contribution is -2.35. The lowest BCUT2D eigenvalue weighted by atomic mass is 10.0. The van der Waals surface area contributed by atoms with E-state index in [4.69, 9.17) is 13.9 Å². The van der Waals surface area contributed by atoms with Crippen LogP contribution in [-0.2, 0) is 6.42 Å². The Labute approximate surface area is 166 Å². The lowest BCUT2D eigenvalue weighted by Gasteiger charge is -2.29. The molecule has 1 aromatic heterocycles. The first kappa shape index (κ1) is 17.4. The summed E-state index contributed by atoms with van der Waals surface area (Å²) in [5.74, 6) is 1.13. The van der Waals surface area contributed by atoms with Crippen LogP contribution in [0.2, 0.25) is 0 Å². The zero-order valence-electron chi connectivity index (χ0n) is 15.5. The third-order valence-electron chi connectivity index (χ3n) is 5.07. The molecule has 5 rings (SSSR count). The molecule has 0 saturated carbocycles. The Morgan fingerprint density at radius 1 is 1.00 bits per heavy atom. The highest BCUT2D eigenvalue weighted by Crippen LogP contribution is 2.33. The number of fused-ring (bicyclic) bond motifs is 2. The van der Waals surface area contributed by atoms with Crippen molar-refractivity contribution in [3.05, 3.63) is 71.7 Å². The second kappa shape index (κ2) is 7.01. The van der Waals surface area contributed by atoms with Crippen LogP contribution in [0.25, 0.3) is 0 Å². The SMILES string of the molecule is O=C(Nc1ccc2c(c1)CCCN2C(=O)c1ccco1)c1ccc2c(c1)OCO2. The molecule has 2 aromatic carbocycles. The summed E-state index contributed by atoms with van der Waals surface area (Å²) in [5, 5.41) is 2.91. The molecular weight excluding hydrogens is 372 g/mol. The van der Waals surface area contributed by atoms with Crippen molar-refractivity contribution < 1.29 is 23.5 Å². The molecule has 0 atom stereocenters. The standard InChI is InChI=1S/C22H18N2O5/c25-21(15-5-8-18-20(12-15)29-13-28-18)23-16-6-7-17-14(11-16)3-1-9-24(17)22(26)19-4-2-10-27-19/h2,4-8,10-12H,1,3,9,13H2,(H,23,25). The highest BCUT2D eigenvalue weighted by Gasteiger charge is 2.25. The van der Waals surface area contributed by atoms with Crippen LogP contribution in [0, 0.1) is 0 Å². The summed E-state index contributed by atoms with van der Waals surface area (Å²) in [6.07, 6.45) is 3.18. The molecular formula is C22H18N2O5. The molecule has 0 fully saturated rings. The zero-order chi connectivity index (χ0) is 19.8. The van der Waals surface area contributed by atoms with E-state index in [0.717, 1.165) is 24.1 Å².